The zero-order chi connectivity index (χ0) is 14.4. The monoisotopic (exact) mass is 269 g/mol. The summed E-state index contributed by atoms with van der Waals surface area (Å²) < 4.78 is 0. The van der Waals surface area contributed by atoms with Crippen molar-refractivity contribution in [1.82, 2.24) is 4.90 Å². The summed E-state index contributed by atoms with van der Waals surface area (Å²) in [6.07, 6.45) is 12.9. The number of likely N-dealkylation sites (N-methyl/N-ethyl adjacent to an activating group) is 1. The van der Waals surface area contributed by atoms with Gasteiger partial charge >= 0.3 is 0 Å². The van der Waals surface area contributed by atoms with Crippen LogP contribution in [0.4, 0.5) is 11.4 Å². The number of benzene rings is 1. The quantitative estimate of drug-likeness (QED) is 0.856. The molecule has 3 heteroatoms. The Morgan fingerprint density at radius 3 is 2.75 bits per heavy atom. The Morgan fingerprint density at radius 1 is 1.20 bits per heavy atom. The van der Waals surface area contributed by atoms with Crippen molar-refractivity contribution in [2.45, 2.75) is 13.0 Å². The topological polar surface area (TPSA) is 27.3 Å². The highest BCUT2D eigenvalue weighted by molar-refractivity contribution is 5.71. The van der Waals surface area contributed by atoms with Crippen molar-refractivity contribution in [3.63, 3.8) is 0 Å². The van der Waals surface area contributed by atoms with Gasteiger partial charge in [0.1, 0.15) is 0 Å². The van der Waals surface area contributed by atoms with Gasteiger partial charge in [-0.2, -0.15) is 0 Å². The Balaban J connectivity index is 2.18. The van der Waals surface area contributed by atoms with E-state index >= 15 is 0 Å². The van der Waals surface area contributed by atoms with Crippen molar-refractivity contribution in [2.24, 2.45) is 0 Å². The van der Waals surface area contributed by atoms with Gasteiger partial charge in [0.25, 0.3) is 0 Å². The predicted octanol–water partition coefficient (Wildman–Crippen LogP) is 3.56. The van der Waals surface area contributed by atoms with Gasteiger partial charge in [0, 0.05) is 32.0 Å². The molecule has 0 saturated heterocycles. The number of rotatable bonds is 5. The lowest BCUT2D eigenvalue weighted by molar-refractivity contribution is 0.376. The summed E-state index contributed by atoms with van der Waals surface area (Å²) in [6, 6.07) is 6.67. The van der Waals surface area contributed by atoms with E-state index in [0.29, 0.717) is 6.04 Å². The van der Waals surface area contributed by atoms with Crippen LogP contribution in [0.25, 0.3) is 6.08 Å². The molecule has 0 radical (unpaired) electrons. The van der Waals surface area contributed by atoms with E-state index in [-0.39, 0.29) is 0 Å². The van der Waals surface area contributed by atoms with Gasteiger partial charge in [-0.25, -0.2) is 0 Å². The van der Waals surface area contributed by atoms with Gasteiger partial charge in [-0.15, -0.1) is 0 Å². The number of hydrogen-bond donors (Lipinski definition) is 2. The maximum absolute atomic E-state index is 3.25. The van der Waals surface area contributed by atoms with Crippen LogP contribution in [0.3, 0.4) is 0 Å². The highest BCUT2D eigenvalue weighted by Crippen LogP contribution is 2.22. The fourth-order valence-electron chi connectivity index (χ4n) is 2.31. The predicted molar refractivity (Wildman–Crippen MR) is 89.0 cm³/mol. The number of hydrogen-bond acceptors (Lipinski definition) is 3. The van der Waals surface area contributed by atoms with E-state index in [0.717, 1.165) is 17.9 Å². The van der Waals surface area contributed by atoms with E-state index in [4.69, 9.17) is 0 Å². The van der Waals surface area contributed by atoms with Gasteiger partial charge in [0.15, 0.2) is 0 Å². The average Bonchev–Trinajstić information content (AvgIpc) is 2.52. The van der Waals surface area contributed by atoms with E-state index in [2.05, 4.69) is 77.2 Å². The Hall–Kier alpha value is -2.16. The van der Waals surface area contributed by atoms with Gasteiger partial charge in [-0.05, 0) is 36.9 Å². The van der Waals surface area contributed by atoms with Gasteiger partial charge in [0.2, 0.25) is 0 Å². The largest absolute Gasteiger partial charge is 0.388 e. The molecule has 3 nitrogen and oxygen atoms in total. The molecule has 0 bridgehead atoms. The van der Waals surface area contributed by atoms with Crippen molar-refractivity contribution in [1.29, 1.82) is 0 Å². The molecule has 0 saturated carbocycles. The molecular formula is C17H23N3. The van der Waals surface area contributed by atoms with E-state index in [1.165, 1.54) is 5.56 Å². The maximum Gasteiger partial charge on any atom is 0.0657 e. The van der Waals surface area contributed by atoms with Crippen LogP contribution in [0, 0.1) is 0 Å². The van der Waals surface area contributed by atoms with Crippen molar-refractivity contribution >= 4 is 17.5 Å². The second kappa shape index (κ2) is 6.85. The lowest BCUT2D eigenvalue weighted by atomic mass is 10.1. The van der Waals surface area contributed by atoms with E-state index in [9.17, 15) is 0 Å². The summed E-state index contributed by atoms with van der Waals surface area (Å²) in [5.74, 6) is 0. The summed E-state index contributed by atoms with van der Waals surface area (Å²) in [6.45, 7) is 3.18. The van der Waals surface area contributed by atoms with Crippen LogP contribution in [-0.2, 0) is 0 Å². The van der Waals surface area contributed by atoms with Crippen LogP contribution in [-0.4, -0.2) is 31.6 Å². The van der Waals surface area contributed by atoms with Gasteiger partial charge in [-0.3, -0.25) is 0 Å². The zero-order valence-corrected chi connectivity index (χ0v) is 12.4. The molecule has 1 aromatic carbocycles. The fraction of sp³-hybridized carbons (Fsp3) is 0.294. The van der Waals surface area contributed by atoms with Crippen LogP contribution in [0.1, 0.15) is 12.5 Å². The SMILES string of the molecule is CCN1C=CC=CC1C=Cc1ccc(NC)cc1NC. The van der Waals surface area contributed by atoms with Crippen molar-refractivity contribution < 1.29 is 0 Å². The van der Waals surface area contributed by atoms with Crippen molar-refractivity contribution in [3.8, 4) is 0 Å². The minimum atomic E-state index is 0.332. The normalized spacial score (nSPS) is 17.8. The molecular weight excluding hydrogens is 246 g/mol. The Kier molecular flexibility index (Phi) is 4.88. The molecule has 0 aromatic heterocycles. The molecule has 1 heterocycles. The van der Waals surface area contributed by atoms with Gasteiger partial charge < -0.3 is 15.5 Å². The Bertz CT molecular complexity index is 529. The van der Waals surface area contributed by atoms with Crippen LogP contribution < -0.4 is 10.6 Å². The van der Waals surface area contributed by atoms with Crippen molar-refractivity contribution in [2.75, 3.05) is 31.3 Å². The summed E-state index contributed by atoms with van der Waals surface area (Å²) in [4.78, 5) is 2.30. The van der Waals surface area contributed by atoms with Crippen molar-refractivity contribution in [3.05, 3.63) is 54.3 Å². The van der Waals surface area contributed by atoms with E-state index in [1.807, 2.05) is 14.1 Å². The molecule has 2 N–H and O–H groups in total. The molecule has 1 aromatic rings. The minimum Gasteiger partial charge on any atom is -0.388 e. The standard InChI is InChI=1S/C17H23N3/c1-4-20-12-6-5-7-16(20)11-9-14-8-10-15(18-2)13-17(14)19-3/h5-13,16,18-19H,4H2,1-3H3. The van der Waals surface area contributed by atoms with Crippen LogP contribution in [0.5, 0.6) is 0 Å². The number of nitrogens with zero attached hydrogens (tertiary/aromatic N) is 1. The zero-order valence-electron chi connectivity index (χ0n) is 12.4. The molecule has 106 valence electrons. The van der Waals surface area contributed by atoms with Gasteiger partial charge in [-0.1, -0.05) is 30.4 Å². The third-order valence-corrected chi connectivity index (χ3v) is 3.53. The average molecular weight is 269 g/mol. The Morgan fingerprint density at radius 2 is 2.05 bits per heavy atom. The first-order valence-corrected chi connectivity index (χ1v) is 7.07. The lowest BCUT2D eigenvalue weighted by Gasteiger charge is -2.26. The molecule has 20 heavy (non-hydrogen) atoms. The van der Waals surface area contributed by atoms with Gasteiger partial charge in [0.05, 0.1) is 6.04 Å². The Labute approximate surface area is 121 Å². The maximum atomic E-state index is 3.25. The second-order valence-electron chi connectivity index (χ2n) is 4.71. The summed E-state index contributed by atoms with van der Waals surface area (Å²) >= 11 is 0. The number of anilines is 2. The number of nitrogens with one attached hydrogen (secondary N) is 2. The highest BCUT2D eigenvalue weighted by Gasteiger charge is 2.09. The first kappa shape index (κ1) is 14.3. The van der Waals surface area contributed by atoms with Crippen LogP contribution >= 0.6 is 0 Å². The first-order chi connectivity index (χ1) is 9.78. The third kappa shape index (κ3) is 3.23. The highest BCUT2D eigenvalue weighted by atomic mass is 15.1. The fourth-order valence-corrected chi connectivity index (χ4v) is 2.31. The molecule has 1 atom stereocenters. The lowest BCUT2D eigenvalue weighted by Crippen LogP contribution is -2.28. The molecule has 0 aliphatic carbocycles. The third-order valence-electron chi connectivity index (χ3n) is 3.53. The molecule has 0 amide bonds. The van der Waals surface area contributed by atoms with Crippen LogP contribution in [0.2, 0.25) is 0 Å². The first-order valence-electron chi connectivity index (χ1n) is 7.07. The molecule has 0 fully saturated rings. The molecule has 1 aliphatic rings. The van der Waals surface area contributed by atoms with E-state index < -0.39 is 0 Å². The molecule has 2 rings (SSSR count). The summed E-state index contributed by atoms with van der Waals surface area (Å²) in [5, 5.41) is 6.40. The summed E-state index contributed by atoms with van der Waals surface area (Å²) in [5.41, 5.74) is 3.44. The number of allylic oxidation sites excluding steroid dienone is 2. The molecule has 1 aliphatic heterocycles. The van der Waals surface area contributed by atoms with E-state index in [1.54, 1.807) is 0 Å². The van der Waals surface area contributed by atoms with Crippen LogP contribution in [0.15, 0.2) is 48.7 Å². The minimum absolute atomic E-state index is 0.332. The molecule has 1 unspecified atom stereocenters. The smallest absolute Gasteiger partial charge is 0.0657 e. The second-order valence-corrected chi connectivity index (χ2v) is 4.71. The summed E-state index contributed by atoms with van der Waals surface area (Å²) in [7, 11) is 3.89. The molecule has 0 spiro atoms.